The minimum Gasteiger partial charge on any atom is -0.380 e. The highest BCUT2D eigenvalue weighted by Crippen LogP contribution is 2.11. The van der Waals surface area contributed by atoms with Crippen LogP contribution in [0.4, 0.5) is 0 Å². The number of nitrogens with zero attached hydrogens (tertiary/aromatic N) is 2. The molecule has 0 saturated carbocycles. The van der Waals surface area contributed by atoms with Gasteiger partial charge in [-0.1, -0.05) is 6.92 Å². The first-order valence-corrected chi connectivity index (χ1v) is 6.35. The van der Waals surface area contributed by atoms with Crippen LogP contribution in [0.5, 0.6) is 0 Å². The highest BCUT2D eigenvalue weighted by molar-refractivity contribution is 4.81. The molecule has 0 aliphatic carbocycles. The Kier molecular flexibility index (Phi) is 6.28. The van der Waals surface area contributed by atoms with Crippen molar-refractivity contribution in [3.63, 3.8) is 0 Å². The molecule has 2 atom stereocenters. The number of hydrogen-bond acceptors (Lipinski definition) is 4. The summed E-state index contributed by atoms with van der Waals surface area (Å²) in [6.45, 7) is 7.07. The number of piperazine rings is 1. The monoisotopic (exact) mass is 229 g/mol. The summed E-state index contributed by atoms with van der Waals surface area (Å²) in [6, 6.07) is 0.754. The van der Waals surface area contributed by atoms with E-state index >= 15 is 0 Å². The first-order chi connectivity index (χ1) is 7.63. The minimum atomic E-state index is 0.172. The Hall–Kier alpha value is -0.160. The van der Waals surface area contributed by atoms with Crippen LogP contribution in [0.2, 0.25) is 0 Å². The van der Waals surface area contributed by atoms with Crippen molar-refractivity contribution in [3.05, 3.63) is 0 Å². The van der Waals surface area contributed by atoms with Crippen LogP contribution in [0, 0.1) is 0 Å². The quantitative estimate of drug-likeness (QED) is 0.669. The van der Waals surface area contributed by atoms with E-state index in [2.05, 4.69) is 30.8 Å². The van der Waals surface area contributed by atoms with Crippen LogP contribution >= 0.6 is 0 Å². The van der Waals surface area contributed by atoms with Crippen LogP contribution in [0.15, 0.2) is 0 Å². The lowest BCUT2D eigenvalue weighted by Gasteiger charge is -2.38. The summed E-state index contributed by atoms with van der Waals surface area (Å²) >= 11 is 0. The normalized spacial score (nSPS) is 25.9. The topological polar surface area (TPSA) is 41.7 Å². The van der Waals surface area contributed by atoms with Gasteiger partial charge in [-0.25, -0.2) is 0 Å². The molecule has 2 unspecified atom stereocenters. The van der Waals surface area contributed by atoms with Crippen molar-refractivity contribution in [2.24, 2.45) is 5.73 Å². The smallest absolute Gasteiger partial charge is 0.0618 e. The Morgan fingerprint density at radius 2 is 2.12 bits per heavy atom. The second kappa shape index (κ2) is 7.22. The predicted molar refractivity (Wildman–Crippen MR) is 67.6 cm³/mol. The highest BCUT2D eigenvalue weighted by Gasteiger charge is 2.23. The molecule has 0 aromatic rings. The molecule has 0 amide bonds. The lowest BCUT2D eigenvalue weighted by Crippen LogP contribution is -2.52. The largest absolute Gasteiger partial charge is 0.380 e. The summed E-state index contributed by atoms with van der Waals surface area (Å²) in [4.78, 5) is 4.80. The van der Waals surface area contributed by atoms with Crippen molar-refractivity contribution in [1.29, 1.82) is 0 Å². The van der Waals surface area contributed by atoms with E-state index < -0.39 is 0 Å². The number of rotatable bonds is 6. The fourth-order valence-electron chi connectivity index (χ4n) is 2.15. The third-order valence-corrected chi connectivity index (χ3v) is 3.24. The molecule has 0 spiro atoms. The van der Waals surface area contributed by atoms with Crippen LogP contribution in [-0.4, -0.2) is 68.8 Å². The molecule has 4 nitrogen and oxygen atoms in total. The number of hydrogen-bond donors (Lipinski definition) is 1. The van der Waals surface area contributed by atoms with E-state index in [1.54, 1.807) is 0 Å². The molecule has 1 aliphatic rings. The maximum Gasteiger partial charge on any atom is 0.0618 e. The Morgan fingerprint density at radius 1 is 1.38 bits per heavy atom. The lowest BCUT2D eigenvalue weighted by molar-refractivity contribution is 0.0789. The van der Waals surface area contributed by atoms with Crippen molar-refractivity contribution in [2.75, 3.05) is 46.9 Å². The maximum absolute atomic E-state index is 6.08. The Balaban J connectivity index is 2.23. The Bertz CT molecular complexity index is 189. The SMILES string of the molecule is CCCOCC(N)CC1CN(C)CCN1C. The van der Waals surface area contributed by atoms with Gasteiger partial charge in [-0.2, -0.15) is 0 Å². The lowest BCUT2D eigenvalue weighted by atomic mass is 10.0. The van der Waals surface area contributed by atoms with Gasteiger partial charge in [0.2, 0.25) is 0 Å². The fourth-order valence-corrected chi connectivity index (χ4v) is 2.15. The third kappa shape index (κ3) is 4.78. The zero-order valence-corrected chi connectivity index (χ0v) is 11.0. The molecule has 1 aliphatic heterocycles. The molecule has 0 radical (unpaired) electrons. The van der Waals surface area contributed by atoms with Gasteiger partial charge in [0.15, 0.2) is 0 Å². The zero-order valence-electron chi connectivity index (χ0n) is 11.0. The predicted octanol–water partition coefficient (Wildman–Crippen LogP) is 0.376. The molecule has 1 heterocycles. The van der Waals surface area contributed by atoms with Gasteiger partial charge < -0.3 is 20.3 Å². The van der Waals surface area contributed by atoms with Gasteiger partial charge in [0.25, 0.3) is 0 Å². The van der Waals surface area contributed by atoms with E-state index in [0.717, 1.165) is 39.1 Å². The molecule has 96 valence electrons. The van der Waals surface area contributed by atoms with E-state index in [9.17, 15) is 0 Å². The molecule has 2 N–H and O–H groups in total. The van der Waals surface area contributed by atoms with Gasteiger partial charge in [0, 0.05) is 38.3 Å². The van der Waals surface area contributed by atoms with Crippen molar-refractivity contribution >= 4 is 0 Å². The molecule has 1 saturated heterocycles. The molecule has 0 aromatic heterocycles. The van der Waals surface area contributed by atoms with Crippen molar-refractivity contribution in [3.8, 4) is 0 Å². The van der Waals surface area contributed by atoms with E-state index in [0.29, 0.717) is 12.6 Å². The second-order valence-electron chi connectivity index (χ2n) is 4.97. The first kappa shape index (κ1) is 13.9. The van der Waals surface area contributed by atoms with Gasteiger partial charge >= 0.3 is 0 Å². The summed E-state index contributed by atoms with van der Waals surface area (Å²) in [5.41, 5.74) is 6.08. The molecule has 1 rings (SSSR count). The molecular weight excluding hydrogens is 202 g/mol. The third-order valence-electron chi connectivity index (χ3n) is 3.24. The fraction of sp³-hybridized carbons (Fsp3) is 1.00. The van der Waals surface area contributed by atoms with Crippen LogP contribution in [0.3, 0.4) is 0 Å². The molecule has 16 heavy (non-hydrogen) atoms. The number of likely N-dealkylation sites (N-methyl/N-ethyl adjacent to an activating group) is 2. The maximum atomic E-state index is 6.08. The summed E-state index contributed by atoms with van der Waals surface area (Å²) in [7, 11) is 4.37. The van der Waals surface area contributed by atoms with Crippen LogP contribution in [-0.2, 0) is 4.74 Å². The molecule has 0 aromatic carbocycles. The summed E-state index contributed by atoms with van der Waals surface area (Å²) < 4.78 is 5.49. The van der Waals surface area contributed by atoms with Gasteiger partial charge in [0.05, 0.1) is 6.61 Å². The average molecular weight is 229 g/mol. The van der Waals surface area contributed by atoms with E-state index in [1.165, 1.54) is 0 Å². The molecule has 1 fully saturated rings. The van der Waals surface area contributed by atoms with Gasteiger partial charge in [-0.05, 0) is 26.9 Å². The van der Waals surface area contributed by atoms with Crippen LogP contribution in [0.25, 0.3) is 0 Å². The summed E-state index contributed by atoms with van der Waals surface area (Å²) in [5, 5.41) is 0. The minimum absolute atomic E-state index is 0.172. The Morgan fingerprint density at radius 3 is 2.81 bits per heavy atom. The van der Waals surface area contributed by atoms with Gasteiger partial charge in [-0.3, -0.25) is 0 Å². The number of ether oxygens (including phenoxy) is 1. The first-order valence-electron chi connectivity index (χ1n) is 6.35. The Labute approximate surface area is 99.7 Å². The summed E-state index contributed by atoms with van der Waals surface area (Å²) in [6.07, 6.45) is 2.10. The highest BCUT2D eigenvalue weighted by atomic mass is 16.5. The van der Waals surface area contributed by atoms with Crippen molar-refractivity contribution in [2.45, 2.75) is 31.8 Å². The average Bonchev–Trinajstić information content (AvgIpc) is 2.24. The van der Waals surface area contributed by atoms with E-state index in [-0.39, 0.29) is 6.04 Å². The van der Waals surface area contributed by atoms with Crippen LogP contribution in [0.1, 0.15) is 19.8 Å². The van der Waals surface area contributed by atoms with Crippen molar-refractivity contribution in [1.82, 2.24) is 9.80 Å². The number of nitrogens with two attached hydrogens (primary N) is 1. The van der Waals surface area contributed by atoms with Gasteiger partial charge in [0.1, 0.15) is 0 Å². The summed E-state index contributed by atoms with van der Waals surface area (Å²) in [5.74, 6) is 0. The molecule has 0 bridgehead atoms. The van der Waals surface area contributed by atoms with Crippen LogP contribution < -0.4 is 5.73 Å². The second-order valence-corrected chi connectivity index (χ2v) is 4.97. The van der Waals surface area contributed by atoms with E-state index in [1.807, 2.05) is 0 Å². The zero-order chi connectivity index (χ0) is 12.0. The van der Waals surface area contributed by atoms with E-state index in [4.69, 9.17) is 10.5 Å². The standard InChI is InChI=1S/C12H27N3O/c1-4-7-16-10-11(13)8-12-9-14(2)5-6-15(12)3/h11-12H,4-10,13H2,1-3H3. The van der Waals surface area contributed by atoms with Crippen molar-refractivity contribution < 1.29 is 4.74 Å². The molecule has 4 heteroatoms. The van der Waals surface area contributed by atoms with Gasteiger partial charge in [-0.15, -0.1) is 0 Å². The molecular formula is C12H27N3O.